The van der Waals surface area contributed by atoms with Crippen molar-refractivity contribution in [2.75, 3.05) is 0 Å². The number of benzene rings is 1. The van der Waals surface area contributed by atoms with Gasteiger partial charge in [0.15, 0.2) is 5.76 Å². The van der Waals surface area contributed by atoms with Crippen molar-refractivity contribution >= 4 is 16.1 Å². The molecule has 1 heterocycles. The van der Waals surface area contributed by atoms with Crippen LogP contribution in [0.25, 0.3) is 11.3 Å². The summed E-state index contributed by atoms with van der Waals surface area (Å²) in [5, 5.41) is 3.49. The molecule has 0 aliphatic rings. The molecule has 0 aliphatic carbocycles. The summed E-state index contributed by atoms with van der Waals surface area (Å²) in [6.45, 7) is 0. The van der Waals surface area contributed by atoms with E-state index in [1.54, 1.807) is 6.07 Å². The van der Waals surface area contributed by atoms with Gasteiger partial charge in [-0.2, -0.15) is 8.42 Å². The molecule has 0 radical (unpaired) electrons. The predicted octanol–water partition coefficient (Wildman–Crippen LogP) is 1.37. The fourth-order valence-corrected chi connectivity index (χ4v) is 2.24. The Balaban J connectivity index is 2.68. The van der Waals surface area contributed by atoms with E-state index >= 15 is 0 Å². The Bertz CT molecular complexity index is 670. The lowest BCUT2D eigenvalue weighted by Gasteiger charge is -2.02. The van der Waals surface area contributed by atoms with Gasteiger partial charge in [-0.15, -0.1) is 0 Å². The third-order valence-corrected chi connectivity index (χ3v) is 3.25. The molecule has 17 heavy (non-hydrogen) atoms. The Morgan fingerprint density at radius 2 is 2.00 bits per heavy atom. The largest absolute Gasteiger partial charge is 0.356 e. The van der Waals surface area contributed by atoms with Crippen molar-refractivity contribution in [3.05, 3.63) is 36.5 Å². The number of nitrogens with zero attached hydrogens (tertiary/aromatic N) is 2. The summed E-state index contributed by atoms with van der Waals surface area (Å²) in [4.78, 5) is 9.96. The Hall–Kier alpha value is -2.24. The predicted molar refractivity (Wildman–Crippen MR) is 57.2 cm³/mol. The summed E-state index contributed by atoms with van der Waals surface area (Å²) in [6.07, 6.45) is 2.41. The molecule has 6 nitrogen and oxygen atoms in total. The zero-order chi connectivity index (χ0) is 12.3. The number of hydrogen-bond acceptors (Lipinski definition) is 5. The van der Waals surface area contributed by atoms with Crippen LogP contribution in [0.15, 0.2) is 50.3 Å². The van der Waals surface area contributed by atoms with Gasteiger partial charge in [0.1, 0.15) is 4.90 Å². The van der Waals surface area contributed by atoms with Crippen molar-refractivity contribution in [2.45, 2.75) is 4.90 Å². The summed E-state index contributed by atoms with van der Waals surface area (Å²) in [6, 6.07) is 7.54. The van der Waals surface area contributed by atoms with Crippen LogP contribution in [-0.2, 0) is 14.8 Å². The van der Waals surface area contributed by atoms with Gasteiger partial charge in [-0.05, 0) is 12.1 Å². The number of isocyanates is 1. The Labute approximate surface area is 96.6 Å². The molecule has 0 amide bonds. The molecule has 0 fully saturated rings. The maximum atomic E-state index is 11.7. The van der Waals surface area contributed by atoms with Gasteiger partial charge in [-0.3, -0.25) is 0 Å². The van der Waals surface area contributed by atoms with Crippen molar-refractivity contribution in [2.24, 2.45) is 4.40 Å². The zero-order valence-electron chi connectivity index (χ0n) is 8.40. The van der Waals surface area contributed by atoms with Crippen LogP contribution in [0.4, 0.5) is 0 Å². The fraction of sp³-hybridized carbons (Fsp3) is 0. The van der Waals surface area contributed by atoms with Crippen LogP contribution < -0.4 is 0 Å². The van der Waals surface area contributed by atoms with Gasteiger partial charge in [0, 0.05) is 11.6 Å². The second-order valence-electron chi connectivity index (χ2n) is 3.03. The van der Waals surface area contributed by atoms with Gasteiger partial charge < -0.3 is 4.52 Å². The first-order valence-corrected chi connectivity index (χ1v) is 5.93. The third kappa shape index (κ3) is 2.15. The van der Waals surface area contributed by atoms with E-state index in [-0.39, 0.29) is 10.7 Å². The van der Waals surface area contributed by atoms with E-state index in [4.69, 9.17) is 4.52 Å². The van der Waals surface area contributed by atoms with Crippen molar-refractivity contribution in [1.82, 2.24) is 5.16 Å². The zero-order valence-corrected chi connectivity index (χ0v) is 9.22. The Morgan fingerprint density at radius 3 is 2.65 bits per heavy atom. The SMILES string of the molecule is O=C=NS(=O)(=O)c1ccccc1-c1ccno1. The van der Waals surface area contributed by atoms with Gasteiger partial charge in [-0.1, -0.05) is 21.7 Å². The summed E-state index contributed by atoms with van der Waals surface area (Å²) in [5.41, 5.74) is 0.295. The molecule has 0 N–H and O–H groups in total. The normalized spacial score (nSPS) is 10.8. The van der Waals surface area contributed by atoms with Gasteiger partial charge in [0.2, 0.25) is 0 Å². The molecule has 0 saturated carbocycles. The lowest BCUT2D eigenvalue weighted by Crippen LogP contribution is -1.98. The van der Waals surface area contributed by atoms with E-state index in [1.165, 1.54) is 30.5 Å². The van der Waals surface area contributed by atoms with E-state index in [9.17, 15) is 13.2 Å². The number of rotatable bonds is 3. The maximum Gasteiger partial charge on any atom is 0.293 e. The average molecular weight is 250 g/mol. The van der Waals surface area contributed by atoms with Crippen LogP contribution in [0.5, 0.6) is 0 Å². The first-order valence-electron chi connectivity index (χ1n) is 4.49. The number of hydrogen-bond donors (Lipinski definition) is 0. The smallest absolute Gasteiger partial charge is 0.293 e. The highest BCUT2D eigenvalue weighted by Crippen LogP contribution is 2.27. The molecule has 0 bridgehead atoms. The molecule has 86 valence electrons. The quantitative estimate of drug-likeness (QED) is 0.606. The van der Waals surface area contributed by atoms with E-state index in [2.05, 4.69) is 9.55 Å². The van der Waals surface area contributed by atoms with Gasteiger partial charge >= 0.3 is 0 Å². The van der Waals surface area contributed by atoms with Crippen molar-refractivity contribution < 1.29 is 17.7 Å². The highest BCUT2D eigenvalue weighted by molar-refractivity contribution is 7.90. The average Bonchev–Trinajstić information content (AvgIpc) is 2.82. The van der Waals surface area contributed by atoms with Crippen LogP contribution in [0, 0.1) is 0 Å². The minimum atomic E-state index is -4.05. The van der Waals surface area contributed by atoms with Gasteiger partial charge in [0.25, 0.3) is 16.1 Å². The molecule has 2 rings (SSSR count). The molecule has 0 atom stereocenters. The Morgan fingerprint density at radius 1 is 1.24 bits per heavy atom. The molecule has 0 aliphatic heterocycles. The summed E-state index contributed by atoms with van der Waals surface area (Å²) in [5.74, 6) is 0.283. The molecular weight excluding hydrogens is 244 g/mol. The molecule has 0 saturated heterocycles. The Kier molecular flexibility index (Phi) is 2.86. The molecule has 0 spiro atoms. The fourth-order valence-electron chi connectivity index (χ4n) is 1.35. The highest BCUT2D eigenvalue weighted by Gasteiger charge is 2.19. The van der Waals surface area contributed by atoms with E-state index < -0.39 is 10.0 Å². The highest BCUT2D eigenvalue weighted by atomic mass is 32.2. The van der Waals surface area contributed by atoms with Crippen LogP contribution >= 0.6 is 0 Å². The first-order chi connectivity index (χ1) is 8.15. The summed E-state index contributed by atoms with van der Waals surface area (Å²) >= 11 is 0. The lowest BCUT2D eigenvalue weighted by molar-refractivity contribution is 0.431. The number of aromatic nitrogens is 1. The van der Waals surface area contributed by atoms with Crippen molar-refractivity contribution in [3.8, 4) is 11.3 Å². The molecule has 7 heteroatoms. The molecular formula is C10H6N2O4S. The van der Waals surface area contributed by atoms with Crippen molar-refractivity contribution in [3.63, 3.8) is 0 Å². The lowest BCUT2D eigenvalue weighted by atomic mass is 10.2. The molecule has 1 aromatic carbocycles. The molecule has 0 unspecified atom stereocenters. The number of carbonyl (C=O) groups excluding carboxylic acids is 1. The van der Waals surface area contributed by atoms with Crippen molar-refractivity contribution in [1.29, 1.82) is 0 Å². The minimum Gasteiger partial charge on any atom is -0.356 e. The van der Waals surface area contributed by atoms with E-state index in [0.29, 0.717) is 5.56 Å². The monoisotopic (exact) mass is 250 g/mol. The van der Waals surface area contributed by atoms with Gasteiger partial charge in [0.05, 0.1) is 6.20 Å². The minimum absolute atomic E-state index is 0.125. The van der Waals surface area contributed by atoms with Crippen LogP contribution in [-0.4, -0.2) is 19.7 Å². The molecule has 1 aromatic heterocycles. The maximum absolute atomic E-state index is 11.7. The number of sulfonamides is 1. The standard InChI is InChI=1S/C10H6N2O4S/c13-7-12-17(14,15)10-4-2-1-3-8(10)9-5-6-11-16-9/h1-6H. The topological polar surface area (TPSA) is 89.6 Å². The molecule has 2 aromatic rings. The first kappa shape index (κ1) is 11.3. The van der Waals surface area contributed by atoms with Crippen LogP contribution in [0.2, 0.25) is 0 Å². The van der Waals surface area contributed by atoms with Crippen LogP contribution in [0.3, 0.4) is 0 Å². The summed E-state index contributed by atoms with van der Waals surface area (Å²) < 4.78 is 31.0. The van der Waals surface area contributed by atoms with Crippen LogP contribution in [0.1, 0.15) is 0 Å². The third-order valence-electron chi connectivity index (χ3n) is 2.03. The van der Waals surface area contributed by atoms with E-state index in [1.807, 2.05) is 0 Å². The summed E-state index contributed by atoms with van der Waals surface area (Å²) in [7, 11) is -4.05. The second-order valence-corrected chi connectivity index (χ2v) is 4.60. The van der Waals surface area contributed by atoms with Gasteiger partial charge in [-0.25, -0.2) is 4.79 Å². The second kappa shape index (κ2) is 4.32. The van der Waals surface area contributed by atoms with E-state index in [0.717, 1.165) is 6.08 Å².